The van der Waals surface area contributed by atoms with Crippen molar-refractivity contribution in [3.8, 4) is 44.5 Å². The average molecular weight is 690 g/mol. The summed E-state index contributed by atoms with van der Waals surface area (Å²) in [5.41, 5.74) is 14.6. The smallest absolute Gasteiger partial charge is 0.135 e. The highest BCUT2D eigenvalue weighted by atomic mass is 16.3. The van der Waals surface area contributed by atoms with Crippen molar-refractivity contribution in [2.45, 2.75) is 0 Å². The lowest BCUT2D eigenvalue weighted by atomic mass is 9.95. The van der Waals surface area contributed by atoms with Crippen LogP contribution < -0.4 is 4.90 Å². The van der Waals surface area contributed by atoms with E-state index in [2.05, 4.69) is 205 Å². The quantitative estimate of drug-likeness (QED) is 0.166. The third-order valence-corrected chi connectivity index (χ3v) is 10.5. The fraction of sp³-hybridized carbons (Fsp3) is 0. The van der Waals surface area contributed by atoms with Gasteiger partial charge in [0.2, 0.25) is 0 Å². The zero-order chi connectivity index (χ0) is 35.8. The van der Waals surface area contributed by atoms with Gasteiger partial charge in [-0.25, -0.2) is 0 Å². The molecule has 0 fully saturated rings. The highest BCUT2D eigenvalue weighted by Crippen LogP contribution is 2.40. The summed E-state index contributed by atoms with van der Waals surface area (Å²) in [5.74, 6) is 0. The van der Waals surface area contributed by atoms with Crippen LogP contribution in [0.3, 0.4) is 0 Å². The van der Waals surface area contributed by atoms with Crippen molar-refractivity contribution in [2.24, 2.45) is 0 Å². The van der Waals surface area contributed by atoms with E-state index in [-0.39, 0.29) is 0 Å². The van der Waals surface area contributed by atoms with Crippen molar-refractivity contribution >= 4 is 49.8 Å². The predicted molar refractivity (Wildman–Crippen MR) is 228 cm³/mol. The van der Waals surface area contributed by atoms with Gasteiger partial charge in [-0.2, -0.15) is 0 Å². The largest absolute Gasteiger partial charge is 0.456 e. The van der Waals surface area contributed by atoms with Crippen LogP contribution in [0.2, 0.25) is 0 Å². The highest BCUT2D eigenvalue weighted by Gasteiger charge is 2.16. The SMILES string of the molecule is c1ccc(-c2ccc(N(c3ccc(-c4cccc(-c5cccc6ccccc56)c4)cc3)c3cccc(-c4ccc5oc6ccccc6c5c4)c3)cc2)cc1. The summed E-state index contributed by atoms with van der Waals surface area (Å²) >= 11 is 0. The number of hydrogen-bond donors (Lipinski definition) is 0. The second kappa shape index (κ2) is 13.4. The van der Waals surface area contributed by atoms with Crippen molar-refractivity contribution in [1.29, 1.82) is 0 Å². The van der Waals surface area contributed by atoms with Gasteiger partial charge < -0.3 is 9.32 Å². The number of rotatable bonds is 7. The lowest BCUT2D eigenvalue weighted by Crippen LogP contribution is -2.10. The molecule has 10 rings (SSSR count). The van der Waals surface area contributed by atoms with Crippen LogP contribution >= 0.6 is 0 Å². The van der Waals surface area contributed by atoms with Crippen LogP contribution in [0.25, 0.3) is 77.2 Å². The fourth-order valence-corrected chi connectivity index (χ4v) is 7.76. The summed E-state index contributed by atoms with van der Waals surface area (Å²) in [6.07, 6.45) is 0. The number of furan rings is 1. The molecule has 9 aromatic carbocycles. The molecule has 1 heterocycles. The van der Waals surface area contributed by atoms with Gasteiger partial charge in [-0.05, 0) is 116 Å². The summed E-state index contributed by atoms with van der Waals surface area (Å²) in [6, 6.07) is 76.0. The third-order valence-electron chi connectivity index (χ3n) is 10.5. The van der Waals surface area contributed by atoms with E-state index in [4.69, 9.17) is 4.42 Å². The van der Waals surface area contributed by atoms with E-state index in [1.807, 2.05) is 12.1 Å². The maximum Gasteiger partial charge on any atom is 0.135 e. The van der Waals surface area contributed by atoms with Gasteiger partial charge >= 0.3 is 0 Å². The first-order valence-corrected chi connectivity index (χ1v) is 18.4. The Bertz CT molecular complexity index is 2920. The van der Waals surface area contributed by atoms with E-state index < -0.39 is 0 Å². The molecule has 0 atom stereocenters. The van der Waals surface area contributed by atoms with E-state index in [0.717, 1.165) is 50.1 Å². The summed E-state index contributed by atoms with van der Waals surface area (Å²) in [5, 5.41) is 4.78. The van der Waals surface area contributed by atoms with Gasteiger partial charge in [0.1, 0.15) is 11.2 Å². The first-order chi connectivity index (χ1) is 26.7. The molecule has 0 aliphatic carbocycles. The normalized spacial score (nSPS) is 11.3. The van der Waals surface area contributed by atoms with E-state index in [1.54, 1.807) is 0 Å². The molecule has 0 saturated carbocycles. The van der Waals surface area contributed by atoms with Gasteiger partial charge in [-0.1, -0.05) is 152 Å². The van der Waals surface area contributed by atoms with Crippen LogP contribution in [0, 0.1) is 0 Å². The number of benzene rings is 9. The second-order valence-electron chi connectivity index (χ2n) is 13.8. The number of fused-ring (bicyclic) bond motifs is 4. The molecule has 254 valence electrons. The van der Waals surface area contributed by atoms with Crippen LogP contribution in [0.5, 0.6) is 0 Å². The molecule has 10 aromatic rings. The Morgan fingerprint density at radius 2 is 0.796 bits per heavy atom. The van der Waals surface area contributed by atoms with E-state index >= 15 is 0 Å². The van der Waals surface area contributed by atoms with Crippen LogP contribution in [0.4, 0.5) is 17.1 Å². The molecule has 0 unspecified atom stereocenters. The number of anilines is 3. The number of hydrogen-bond acceptors (Lipinski definition) is 2. The Balaban J connectivity index is 1.04. The van der Waals surface area contributed by atoms with Gasteiger partial charge in [0.25, 0.3) is 0 Å². The first-order valence-electron chi connectivity index (χ1n) is 18.4. The molecule has 0 saturated heterocycles. The zero-order valence-electron chi connectivity index (χ0n) is 29.6. The Morgan fingerprint density at radius 3 is 1.59 bits per heavy atom. The van der Waals surface area contributed by atoms with E-state index in [9.17, 15) is 0 Å². The van der Waals surface area contributed by atoms with Crippen molar-refractivity contribution in [3.05, 3.63) is 212 Å². The molecule has 1 aromatic heterocycles. The van der Waals surface area contributed by atoms with Gasteiger partial charge in [0.05, 0.1) is 0 Å². The van der Waals surface area contributed by atoms with Crippen LogP contribution in [-0.2, 0) is 0 Å². The van der Waals surface area contributed by atoms with Crippen molar-refractivity contribution in [1.82, 2.24) is 0 Å². The molecular weight excluding hydrogens is 655 g/mol. The molecule has 0 spiro atoms. The standard InChI is InChI=1S/C52H35NO/c1-2-11-36(12-3-1)37-23-28-44(29-24-37)53(46-18-9-16-41(34-46)42-27-32-52-50(35-42)49-20-6-7-22-51(49)54-52)45-30-25-38(26-31-45)40-15-8-17-43(33-40)48-21-10-14-39-13-4-5-19-47(39)48/h1-35H. The lowest BCUT2D eigenvalue weighted by Gasteiger charge is -2.26. The molecule has 2 heteroatoms. The van der Waals surface area contributed by atoms with Gasteiger partial charge in [0, 0.05) is 27.8 Å². The lowest BCUT2D eigenvalue weighted by molar-refractivity contribution is 0.669. The van der Waals surface area contributed by atoms with E-state index in [0.29, 0.717) is 0 Å². The average Bonchev–Trinajstić information content (AvgIpc) is 3.63. The molecule has 0 amide bonds. The van der Waals surface area contributed by atoms with Gasteiger partial charge in [0.15, 0.2) is 0 Å². The van der Waals surface area contributed by atoms with Crippen LogP contribution in [0.15, 0.2) is 217 Å². The topological polar surface area (TPSA) is 16.4 Å². The molecule has 2 nitrogen and oxygen atoms in total. The predicted octanol–water partition coefficient (Wildman–Crippen LogP) is 14.9. The number of para-hydroxylation sites is 1. The minimum Gasteiger partial charge on any atom is -0.456 e. The maximum atomic E-state index is 6.14. The molecular formula is C52H35NO. The summed E-state index contributed by atoms with van der Waals surface area (Å²) in [4.78, 5) is 2.35. The Labute approximate surface area is 314 Å². The first kappa shape index (κ1) is 31.6. The maximum absolute atomic E-state index is 6.14. The zero-order valence-corrected chi connectivity index (χ0v) is 29.6. The second-order valence-corrected chi connectivity index (χ2v) is 13.8. The Kier molecular flexibility index (Phi) is 7.85. The van der Waals surface area contributed by atoms with Crippen LogP contribution in [-0.4, -0.2) is 0 Å². The van der Waals surface area contributed by atoms with Crippen molar-refractivity contribution in [2.75, 3.05) is 4.90 Å². The molecule has 0 N–H and O–H groups in total. The van der Waals surface area contributed by atoms with Crippen LogP contribution in [0.1, 0.15) is 0 Å². The van der Waals surface area contributed by atoms with Gasteiger partial charge in [-0.3, -0.25) is 0 Å². The molecule has 0 bridgehead atoms. The molecule has 0 radical (unpaired) electrons. The van der Waals surface area contributed by atoms with Crippen molar-refractivity contribution in [3.63, 3.8) is 0 Å². The summed E-state index contributed by atoms with van der Waals surface area (Å²) in [7, 11) is 0. The molecule has 0 aliphatic heterocycles. The highest BCUT2D eigenvalue weighted by molar-refractivity contribution is 6.06. The van der Waals surface area contributed by atoms with Crippen molar-refractivity contribution < 1.29 is 4.42 Å². The summed E-state index contributed by atoms with van der Waals surface area (Å²) in [6.45, 7) is 0. The number of nitrogens with zero attached hydrogens (tertiary/aromatic N) is 1. The molecule has 54 heavy (non-hydrogen) atoms. The minimum absolute atomic E-state index is 0.902. The van der Waals surface area contributed by atoms with E-state index in [1.165, 1.54) is 44.2 Å². The minimum atomic E-state index is 0.902. The Hall–Kier alpha value is -7.16. The molecule has 0 aliphatic rings. The summed E-state index contributed by atoms with van der Waals surface area (Å²) < 4.78 is 6.14. The fourth-order valence-electron chi connectivity index (χ4n) is 7.76. The monoisotopic (exact) mass is 689 g/mol. The third kappa shape index (κ3) is 5.81. The Morgan fingerprint density at radius 1 is 0.278 bits per heavy atom. The van der Waals surface area contributed by atoms with Gasteiger partial charge in [-0.15, -0.1) is 0 Å².